The van der Waals surface area contributed by atoms with Gasteiger partial charge >= 0.3 is 0 Å². The molecule has 0 aliphatic carbocycles. The van der Waals surface area contributed by atoms with E-state index in [1.807, 2.05) is 0 Å². The molecule has 0 aliphatic heterocycles. The number of nitrogens with zero attached hydrogens (tertiary/aromatic N) is 1. The molecule has 0 bridgehead atoms. The molecule has 5 N–H and O–H groups in total. The maximum absolute atomic E-state index is 11.3. The molecule has 108 valence electrons. The summed E-state index contributed by atoms with van der Waals surface area (Å²) in [6.45, 7) is 0. The summed E-state index contributed by atoms with van der Waals surface area (Å²) in [6.07, 6.45) is 0. The highest BCUT2D eigenvalue weighted by Gasteiger charge is 2.14. The number of anilines is 1. The smallest absolute Gasteiger partial charge is 0.255 e. The molecular weight excluding hydrogens is 272 g/mol. The summed E-state index contributed by atoms with van der Waals surface area (Å²) in [5.41, 5.74) is 11.7. The Morgan fingerprint density at radius 2 is 1.81 bits per heavy atom. The van der Waals surface area contributed by atoms with Crippen LogP contribution in [0, 0.1) is 11.8 Å². The van der Waals surface area contributed by atoms with Crippen molar-refractivity contribution in [1.29, 1.82) is 0 Å². The predicted octanol–water partition coefficient (Wildman–Crippen LogP) is 0.508. The van der Waals surface area contributed by atoms with Gasteiger partial charge in [0.1, 0.15) is 28.6 Å². The van der Waals surface area contributed by atoms with E-state index in [9.17, 15) is 4.79 Å². The van der Waals surface area contributed by atoms with E-state index in [0.29, 0.717) is 17.1 Å². The SMILES string of the molecule is COc1cc(C#Cc2n[nH]c(N)c2C(N)=O)cc(OC)c1. The first kappa shape index (κ1) is 14.3. The molecule has 2 aromatic rings. The molecule has 7 nitrogen and oxygen atoms in total. The van der Waals surface area contributed by atoms with Gasteiger partial charge in [0.05, 0.1) is 14.2 Å². The number of carbonyl (C=O) groups excluding carboxylic acids is 1. The zero-order chi connectivity index (χ0) is 15.4. The number of ether oxygens (including phenoxy) is 2. The van der Waals surface area contributed by atoms with Crippen molar-refractivity contribution >= 4 is 11.7 Å². The van der Waals surface area contributed by atoms with Crippen LogP contribution in [0.25, 0.3) is 0 Å². The number of carbonyl (C=O) groups is 1. The maximum atomic E-state index is 11.3. The van der Waals surface area contributed by atoms with Gasteiger partial charge in [-0.3, -0.25) is 9.89 Å². The molecule has 1 aromatic carbocycles. The molecule has 0 fully saturated rings. The third-order valence-electron chi connectivity index (χ3n) is 2.72. The van der Waals surface area contributed by atoms with E-state index >= 15 is 0 Å². The molecule has 0 spiro atoms. The number of nitrogen functional groups attached to an aromatic ring is 1. The van der Waals surface area contributed by atoms with E-state index in [-0.39, 0.29) is 17.1 Å². The fourth-order valence-corrected chi connectivity index (χ4v) is 1.71. The number of methoxy groups -OCH3 is 2. The van der Waals surface area contributed by atoms with E-state index in [1.54, 1.807) is 32.4 Å². The van der Waals surface area contributed by atoms with Gasteiger partial charge in [-0.05, 0) is 18.1 Å². The summed E-state index contributed by atoms with van der Waals surface area (Å²) >= 11 is 0. The number of rotatable bonds is 3. The zero-order valence-corrected chi connectivity index (χ0v) is 11.6. The van der Waals surface area contributed by atoms with Crippen LogP contribution in [0.1, 0.15) is 21.6 Å². The second kappa shape index (κ2) is 5.88. The lowest BCUT2D eigenvalue weighted by Crippen LogP contribution is -2.13. The van der Waals surface area contributed by atoms with E-state index in [1.165, 1.54) is 0 Å². The van der Waals surface area contributed by atoms with Crippen LogP contribution in [0.5, 0.6) is 11.5 Å². The minimum atomic E-state index is -0.686. The van der Waals surface area contributed by atoms with Crippen molar-refractivity contribution in [3.05, 3.63) is 35.0 Å². The van der Waals surface area contributed by atoms with Crippen LogP contribution in [0.4, 0.5) is 5.82 Å². The molecule has 1 aromatic heterocycles. The van der Waals surface area contributed by atoms with Crippen LogP contribution in [-0.2, 0) is 0 Å². The van der Waals surface area contributed by atoms with Crippen molar-refractivity contribution in [1.82, 2.24) is 10.2 Å². The first-order valence-electron chi connectivity index (χ1n) is 5.94. The Kier molecular flexibility index (Phi) is 4.00. The highest BCUT2D eigenvalue weighted by atomic mass is 16.5. The Labute approximate surface area is 121 Å². The van der Waals surface area contributed by atoms with Crippen LogP contribution in [0.2, 0.25) is 0 Å². The minimum absolute atomic E-state index is 0.0809. The third-order valence-corrected chi connectivity index (χ3v) is 2.72. The van der Waals surface area contributed by atoms with Gasteiger partial charge in [0.15, 0.2) is 0 Å². The lowest BCUT2D eigenvalue weighted by molar-refractivity contribution is 0.100. The number of nitrogens with two attached hydrogens (primary N) is 2. The number of amides is 1. The number of aromatic amines is 1. The quantitative estimate of drug-likeness (QED) is 0.711. The van der Waals surface area contributed by atoms with E-state index in [0.717, 1.165) is 0 Å². The number of hydrogen-bond donors (Lipinski definition) is 3. The molecule has 0 atom stereocenters. The first-order valence-corrected chi connectivity index (χ1v) is 5.94. The molecule has 0 unspecified atom stereocenters. The van der Waals surface area contributed by atoms with Gasteiger partial charge in [0.2, 0.25) is 0 Å². The number of hydrogen-bond acceptors (Lipinski definition) is 5. The largest absolute Gasteiger partial charge is 0.497 e. The summed E-state index contributed by atoms with van der Waals surface area (Å²) in [5, 5.41) is 6.33. The zero-order valence-electron chi connectivity index (χ0n) is 11.6. The predicted molar refractivity (Wildman–Crippen MR) is 77.0 cm³/mol. The lowest BCUT2D eigenvalue weighted by Gasteiger charge is -2.04. The summed E-state index contributed by atoms with van der Waals surface area (Å²) < 4.78 is 10.3. The van der Waals surface area contributed by atoms with Gasteiger partial charge in [-0.15, -0.1) is 0 Å². The van der Waals surface area contributed by atoms with Gasteiger partial charge in [-0.25, -0.2) is 0 Å². The second-order valence-electron chi connectivity index (χ2n) is 4.08. The van der Waals surface area contributed by atoms with Gasteiger partial charge in [-0.2, -0.15) is 5.10 Å². The fourth-order valence-electron chi connectivity index (χ4n) is 1.71. The number of nitrogens with one attached hydrogen (secondary N) is 1. The van der Waals surface area contributed by atoms with Crippen molar-refractivity contribution < 1.29 is 14.3 Å². The van der Waals surface area contributed by atoms with Gasteiger partial charge in [0.25, 0.3) is 5.91 Å². The van der Waals surface area contributed by atoms with Crippen molar-refractivity contribution in [2.75, 3.05) is 20.0 Å². The average Bonchev–Trinajstić information content (AvgIpc) is 2.85. The molecule has 1 heterocycles. The molecule has 0 saturated carbocycles. The highest BCUT2D eigenvalue weighted by Crippen LogP contribution is 2.22. The Hall–Kier alpha value is -3.14. The monoisotopic (exact) mass is 286 g/mol. The molecule has 1 amide bonds. The summed E-state index contributed by atoms with van der Waals surface area (Å²) in [7, 11) is 3.09. The normalized spacial score (nSPS) is 9.62. The first-order chi connectivity index (χ1) is 10.0. The molecule has 0 radical (unpaired) electrons. The maximum Gasteiger partial charge on any atom is 0.255 e. The molecular formula is C14H14N4O3. The molecule has 0 aliphatic rings. The lowest BCUT2D eigenvalue weighted by atomic mass is 10.1. The number of benzene rings is 1. The average molecular weight is 286 g/mol. The third kappa shape index (κ3) is 3.06. The van der Waals surface area contributed by atoms with E-state index in [2.05, 4.69) is 22.0 Å². The fraction of sp³-hybridized carbons (Fsp3) is 0.143. The van der Waals surface area contributed by atoms with Crippen molar-refractivity contribution in [2.45, 2.75) is 0 Å². The molecule has 21 heavy (non-hydrogen) atoms. The summed E-state index contributed by atoms with van der Waals surface area (Å²) in [4.78, 5) is 11.3. The number of aromatic nitrogens is 2. The topological polar surface area (TPSA) is 116 Å². The van der Waals surface area contributed by atoms with Gasteiger partial charge < -0.3 is 20.9 Å². The minimum Gasteiger partial charge on any atom is -0.497 e. The van der Waals surface area contributed by atoms with Crippen LogP contribution in [0.15, 0.2) is 18.2 Å². The Balaban J connectivity index is 2.42. The second-order valence-corrected chi connectivity index (χ2v) is 4.08. The van der Waals surface area contributed by atoms with Crippen LogP contribution in [0.3, 0.4) is 0 Å². The van der Waals surface area contributed by atoms with Gasteiger partial charge in [0, 0.05) is 11.6 Å². The van der Waals surface area contributed by atoms with Crippen LogP contribution in [-0.4, -0.2) is 30.3 Å². The van der Waals surface area contributed by atoms with Crippen molar-refractivity contribution in [2.24, 2.45) is 5.73 Å². The number of primary amides is 1. The Morgan fingerprint density at radius 3 is 2.33 bits per heavy atom. The number of H-pyrrole nitrogens is 1. The van der Waals surface area contributed by atoms with Crippen molar-refractivity contribution in [3.63, 3.8) is 0 Å². The summed E-state index contributed by atoms with van der Waals surface area (Å²) in [6, 6.07) is 5.19. The van der Waals surface area contributed by atoms with E-state index < -0.39 is 5.91 Å². The molecule has 0 saturated heterocycles. The Morgan fingerprint density at radius 1 is 1.19 bits per heavy atom. The Bertz CT molecular complexity index is 718. The van der Waals surface area contributed by atoms with Crippen LogP contribution >= 0.6 is 0 Å². The molecule has 7 heteroatoms. The molecule has 2 rings (SSSR count). The highest BCUT2D eigenvalue weighted by molar-refractivity contribution is 5.99. The summed E-state index contributed by atoms with van der Waals surface area (Å²) in [5.74, 6) is 6.23. The van der Waals surface area contributed by atoms with Crippen LogP contribution < -0.4 is 20.9 Å². The van der Waals surface area contributed by atoms with E-state index in [4.69, 9.17) is 20.9 Å². The van der Waals surface area contributed by atoms with Gasteiger partial charge in [-0.1, -0.05) is 5.92 Å². The van der Waals surface area contributed by atoms with Crippen molar-refractivity contribution in [3.8, 4) is 23.3 Å². The standard InChI is InChI=1S/C14H14N4O3/c1-20-9-5-8(6-10(7-9)21-2)3-4-11-12(14(16)19)13(15)18-17-11/h5-7H,1-2H3,(H2,16,19)(H3,15,17,18).